The van der Waals surface area contributed by atoms with E-state index in [1.165, 1.54) is 25.7 Å². The SMILES string of the molecule is BC(B)(C1CCC2C3CCC(C3)C2C1)C(C)(CC)CCC. The third-order valence-electron chi connectivity index (χ3n) is 8.84. The van der Waals surface area contributed by atoms with E-state index in [-0.39, 0.29) is 0 Å². The first kappa shape index (κ1) is 16.0. The van der Waals surface area contributed by atoms with Gasteiger partial charge in [0.1, 0.15) is 15.7 Å². The molecule has 0 spiro atoms. The van der Waals surface area contributed by atoms with Gasteiger partial charge < -0.3 is 0 Å². The van der Waals surface area contributed by atoms with Crippen LogP contribution in [-0.2, 0) is 0 Å². The van der Waals surface area contributed by atoms with Crippen molar-refractivity contribution in [3.05, 3.63) is 0 Å². The Morgan fingerprint density at radius 3 is 2.19 bits per heavy atom. The molecule has 3 aliphatic rings. The fourth-order valence-electron chi connectivity index (χ4n) is 6.84. The summed E-state index contributed by atoms with van der Waals surface area (Å²) in [5.41, 5.74) is 0.539. The van der Waals surface area contributed by atoms with Crippen LogP contribution in [-0.4, -0.2) is 15.7 Å². The minimum absolute atomic E-state index is 0.518. The molecule has 0 aliphatic heterocycles. The van der Waals surface area contributed by atoms with Crippen molar-refractivity contribution in [1.29, 1.82) is 0 Å². The molecule has 0 N–H and O–H groups in total. The van der Waals surface area contributed by atoms with E-state index in [0.717, 1.165) is 29.6 Å². The predicted octanol–water partition coefficient (Wildman–Crippen LogP) is 4.05. The molecule has 6 atom stereocenters. The van der Waals surface area contributed by atoms with E-state index in [9.17, 15) is 0 Å². The Bertz CT molecular complexity index is 378. The monoisotopic (exact) mass is 286 g/mol. The molecule has 0 aromatic heterocycles. The summed E-state index contributed by atoms with van der Waals surface area (Å²) in [6.45, 7) is 7.39. The molecule has 21 heavy (non-hydrogen) atoms. The summed E-state index contributed by atoms with van der Waals surface area (Å²) in [4.78, 5) is 0. The van der Waals surface area contributed by atoms with Gasteiger partial charge in [-0.3, -0.25) is 0 Å². The molecule has 2 bridgehead atoms. The number of fused-ring (bicyclic) bond motifs is 5. The van der Waals surface area contributed by atoms with Gasteiger partial charge in [-0.15, -0.1) is 0 Å². The largest absolute Gasteiger partial charge is 0.100 e. The number of hydrogen-bond acceptors (Lipinski definition) is 0. The van der Waals surface area contributed by atoms with Gasteiger partial charge in [0.15, 0.2) is 0 Å². The van der Waals surface area contributed by atoms with Gasteiger partial charge >= 0.3 is 0 Å². The predicted molar refractivity (Wildman–Crippen MR) is 98.2 cm³/mol. The van der Waals surface area contributed by atoms with Crippen LogP contribution in [0.3, 0.4) is 0 Å². The minimum atomic E-state index is 0.518. The van der Waals surface area contributed by atoms with Crippen LogP contribution in [0.1, 0.15) is 78.6 Å². The Morgan fingerprint density at radius 1 is 0.905 bits per heavy atom. The quantitative estimate of drug-likeness (QED) is 0.669. The average molecular weight is 286 g/mol. The van der Waals surface area contributed by atoms with E-state index in [4.69, 9.17) is 0 Å². The zero-order valence-corrected chi connectivity index (χ0v) is 15.3. The third kappa shape index (κ3) is 2.43. The summed E-state index contributed by atoms with van der Waals surface area (Å²) < 4.78 is 0. The van der Waals surface area contributed by atoms with Crippen LogP contribution in [0.15, 0.2) is 0 Å². The fraction of sp³-hybridized carbons (Fsp3) is 1.00. The van der Waals surface area contributed by atoms with Crippen molar-refractivity contribution in [1.82, 2.24) is 0 Å². The van der Waals surface area contributed by atoms with Crippen molar-refractivity contribution < 1.29 is 0 Å². The standard InChI is InChI=1S/C19H36B2/c1-4-10-18(3,5-2)19(20,21)15-8-9-16-13-6-7-14(11-13)17(16)12-15/h13-17H,4-12,20-21H2,1-3H3. The highest BCUT2D eigenvalue weighted by Crippen LogP contribution is 2.63. The van der Waals surface area contributed by atoms with Crippen LogP contribution in [0.25, 0.3) is 0 Å². The second kappa shape index (κ2) is 5.64. The smallest absolute Gasteiger partial charge is 0.0766 e. The number of hydrogen-bond donors (Lipinski definition) is 0. The lowest BCUT2D eigenvalue weighted by Gasteiger charge is -2.53. The molecular formula is C19H36B2. The van der Waals surface area contributed by atoms with Crippen molar-refractivity contribution in [2.24, 2.45) is 35.0 Å². The highest BCUT2D eigenvalue weighted by Gasteiger charge is 2.53. The number of rotatable bonds is 5. The van der Waals surface area contributed by atoms with Crippen molar-refractivity contribution in [3.63, 3.8) is 0 Å². The van der Waals surface area contributed by atoms with Gasteiger partial charge in [-0.2, -0.15) is 0 Å². The fourth-order valence-corrected chi connectivity index (χ4v) is 6.84. The van der Waals surface area contributed by atoms with Crippen LogP contribution < -0.4 is 0 Å². The Hall–Kier alpha value is 0.130. The van der Waals surface area contributed by atoms with Crippen LogP contribution in [0.5, 0.6) is 0 Å². The molecule has 6 unspecified atom stereocenters. The Balaban J connectivity index is 1.74. The molecule has 3 aliphatic carbocycles. The molecule has 2 heteroatoms. The van der Waals surface area contributed by atoms with Gasteiger partial charge in [-0.05, 0) is 73.5 Å². The second-order valence-corrected chi connectivity index (χ2v) is 9.56. The Morgan fingerprint density at radius 2 is 1.57 bits per heavy atom. The topological polar surface area (TPSA) is 0 Å². The first-order chi connectivity index (χ1) is 9.93. The summed E-state index contributed by atoms with van der Waals surface area (Å²) in [5.74, 6) is 5.49. The van der Waals surface area contributed by atoms with E-state index >= 15 is 0 Å². The van der Waals surface area contributed by atoms with Crippen molar-refractivity contribution >= 4 is 15.7 Å². The van der Waals surface area contributed by atoms with Crippen LogP contribution in [0.4, 0.5) is 0 Å². The minimum Gasteiger partial charge on any atom is -0.0766 e. The van der Waals surface area contributed by atoms with Crippen molar-refractivity contribution in [2.75, 3.05) is 0 Å². The normalized spacial score (nSPS) is 41.8. The van der Waals surface area contributed by atoms with Crippen molar-refractivity contribution in [3.8, 4) is 0 Å². The van der Waals surface area contributed by atoms with Crippen LogP contribution in [0, 0.1) is 35.0 Å². The van der Waals surface area contributed by atoms with Crippen LogP contribution >= 0.6 is 0 Å². The van der Waals surface area contributed by atoms with Crippen LogP contribution in [0.2, 0.25) is 5.21 Å². The highest BCUT2D eigenvalue weighted by atomic mass is 14.6. The first-order valence-electron chi connectivity index (χ1n) is 9.93. The highest BCUT2D eigenvalue weighted by molar-refractivity contribution is 6.40. The van der Waals surface area contributed by atoms with E-state index in [1.54, 1.807) is 32.1 Å². The van der Waals surface area contributed by atoms with Gasteiger partial charge in [0.25, 0.3) is 0 Å². The van der Waals surface area contributed by atoms with Gasteiger partial charge in [0.05, 0.1) is 0 Å². The van der Waals surface area contributed by atoms with Gasteiger partial charge in [0.2, 0.25) is 0 Å². The van der Waals surface area contributed by atoms with E-state index in [0.29, 0.717) is 10.6 Å². The second-order valence-electron chi connectivity index (χ2n) is 9.56. The lowest BCUT2D eigenvalue weighted by atomic mass is 9.34. The zero-order chi connectivity index (χ0) is 15.3. The first-order valence-corrected chi connectivity index (χ1v) is 9.93. The molecule has 0 aromatic carbocycles. The van der Waals surface area contributed by atoms with E-state index < -0.39 is 0 Å². The molecule has 3 fully saturated rings. The molecular weight excluding hydrogens is 250 g/mol. The average Bonchev–Trinajstić information content (AvgIpc) is 3.08. The van der Waals surface area contributed by atoms with Gasteiger partial charge in [-0.25, -0.2) is 0 Å². The zero-order valence-electron chi connectivity index (χ0n) is 15.3. The molecule has 0 nitrogen and oxygen atoms in total. The summed E-state index contributed by atoms with van der Waals surface area (Å²) in [5, 5.41) is 0.518. The Kier molecular flexibility index (Phi) is 4.30. The molecule has 3 rings (SSSR count). The maximum atomic E-state index is 2.62. The Labute approximate surface area is 135 Å². The molecule has 0 aromatic rings. The maximum Gasteiger partial charge on any atom is 0.100 e. The molecule has 0 radical (unpaired) electrons. The van der Waals surface area contributed by atoms with E-state index in [1.807, 2.05) is 0 Å². The van der Waals surface area contributed by atoms with Gasteiger partial charge in [-0.1, -0.05) is 45.2 Å². The molecule has 118 valence electrons. The molecule has 0 heterocycles. The molecule has 0 amide bonds. The van der Waals surface area contributed by atoms with Crippen molar-refractivity contribution in [2.45, 2.75) is 83.8 Å². The third-order valence-corrected chi connectivity index (χ3v) is 8.84. The molecule has 0 saturated heterocycles. The summed E-state index contributed by atoms with van der Waals surface area (Å²) >= 11 is 0. The summed E-state index contributed by atoms with van der Waals surface area (Å²) in [6.07, 6.45) is 13.5. The molecule has 3 saturated carbocycles. The lowest BCUT2D eigenvalue weighted by Crippen LogP contribution is -2.44. The van der Waals surface area contributed by atoms with E-state index in [2.05, 4.69) is 36.5 Å². The lowest BCUT2D eigenvalue weighted by molar-refractivity contribution is 0.0737. The van der Waals surface area contributed by atoms with Gasteiger partial charge in [0, 0.05) is 0 Å². The maximum absolute atomic E-state index is 2.62. The summed E-state index contributed by atoms with van der Waals surface area (Å²) in [6, 6.07) is 0. The summed E-state index contributed by atoms with van der Waals surface area (Å²) in [7, 11) is 5.23.